The summed E-state index contributed by atoms with van der Waals surface area (Å²) in [6.45, 7) is 0. The summed E-state index contributed by atoms with van der Waals surface area (Å²) in [5.41, 5.74) is 1.40. The fraction of sp³-hybridized carbons (Fsp3) is 0.0667. The van der Waals surface area contributed by atoms with Gasteiger partial charge in [-0.15, -0.1) is 0 Å². The van der Waals surface area contributed by atoms with Crippen molar-refractivity contribution in [3.8, 4) is 6.07 Å². The van der Waals surface area contributed by atoms with Crippen LogP contribution < -0.4 is 5.32 Å². The minimum Gasteiger partial charge on any atom is -0.325 e. The fourth-order valence-corrected chi connectivity index (χ4v) is 2.04. The molecule has 1 N–H and O–H groups in total. The highest BCUT2D eigenvalue weighted by molar-refractivity contribution is 14.1. The molecule has 0 heterocycles. The Bertz CT molecular complexity index is 602. The van der Waals surface area contributed by atoms with Gasteiger partial charge in [0.25, 0.3) is 0 Å². The molecule has 0 spiro atoms. The molecule has 1 amide bonds. The first kappa shape index (κ1) is 13.6. The zero-order chi connectivity index (χ0) is 13.7. The summed E-state index contributed by atoms with van der Waals surface area (Å²) in [7, 11) is 0. The normalized spacial score (nSPS) is 11.4. The summed E-state index contributed by atoms with van der Waals surface area (Å²) in [5, 5.41) is 11.9. The van der Waals surface area contributed by atoms with Gasteiger partial charge in [-0.2, -0.15) is 5.26 Å². The van der Waals surface area contributed by atoms with Crippen LogP contribution in [-0.4, -0.2) is 5.91 Å². The third kappa shape index (κ3) is 3.55. The number of rotatable bonds is 3. The molecule has 0 saturated heterocycles. The number of nitriles is 1. The van der Waals surface area contributed by atoms with E-state index in [0.717, 1.165) is 3.57 Å². The van der Waals surface area contributed by atoms with Crippen LogP contribution in [0.25, 0.3) is 0 Å². The van der Waals surface area contributed by atoms with E-state index in [2.05, 4.69) is 27.9 Å². The molecular weight excluding hydrogens is 351 g/mol. The van der Waals surface area contributed by atoms with E-state index in [-0.39, 0.29) is 5.91 Å². The van der Waals surface area contributed by atoms with Crippen LogP contribution in [-0.2, 0) is 4.79 Å². The van der Waals surface area contributed by atoms with Crippen LogP contribution in [0.3, 0.4) is 0 Å². The van der Waals surface area contributed by atoms with Gasteiger partial charge in [-0.1, -0.05) is 30.3 Å². The lowest BCUT2D eigenvalue weighted by atomic mass is 10.00. The van der Waals surface area contributed by atoms with Gasteiger partial charge in [-0.25, -0.2) is 0 Å². The molecule has 1 unspecified atom stereocenters. The molecular formula is C15H11IN2O. The summed E-state index contributed by atoms with van der Waals surface area (Å²) < 4.78 is 1.09. The first-order chi connectivity index (χ1) is 9.20. The Labute approximate surface area is 125 Å². The van der Waals surface area contributed by atoms with Gasteiger partial charge < -0.3 is 5.32 Å². The first-order valence-electron chi connectivity index (χ1n) is 5.71. The number of halogens is 1. The molecule has 0 radical (unpaired) electrons. The van der Waals surface area contributed by atoms with Gasteiger partial charge in [0.15, 0.2) is 5.92 Å². The minimum atomic E-state index is -0.791. The molecule has 19 heavy (non-hydrogen) atoms. The van der Waals surface area contributed by atoms with E-state index in [4.69, 9.17) is 5.26 Å². The number of anilines is 1. The SMILES string of the molecule is N#CC(C(=O)Nc1ccc(I)cc1)c1ccccc1. The van der Waals surface area contributed by atoms with E-state index in [0.29, 0.717) is 11.3 Å². The average Bonchev–Trinajstić information content (AvgIpc) is 2.43. The molecule has 4 heteroatoms. The molecule has 1 atom stereocenters. The Morgan fingerprint density at radius 1 is 1.11 bits per heavy atom. The second-order valence-corrected chi connectivity index (χ2v) is 5.21. The Hall–Kier alpha value is -1.87. The van der Waals surface area contributed by atoms with Gasteiger partial charge in [0.05, 0.1) is 6.07 Å². The van der Waals surface area contributed by atoms with Crippen molar-refractivity contribution in [2.24, 2.45) is 0 Å². The van der Waals surface area contributed by atoms with Crippen molar-refractivity contribution in [2.45, 2.75) is 5.92 Å². The van der Waals surface area contributed by atoms with Gasteiger partial charge in [0, 0.05) is 9.26 Å². The second-order valence-electron chi connectivity index (χ2n) is 3.97. The van der Waals surface area contributed by atoms with Crippen LogP contribution in [0.15, 0.2) is 54.6 Å². The van der Waals surface area contributed by atoms with Gasteiger partial charge in [0.1, 0.15) is 0 Å². The van der Waals surface area contributed by atoms with Crippen LogP contribution >= 0.6 is 22.6 Å². The summed E-state index contributed by atoms with van der Waals surface area (Å²) in [6.07, 6.45) is 0. The predicted octanol–water partition coefficient (Wildman–Crippen LogP) is 3.54. The van der Waals surface area contributed by atoms with Crippen LogP contribution in [0.2, 0.25) is 0 Å². The van der Waals surface area contributed by atoms with Gasteiger partial charge >= 0.3 is 0 Å². The summed E-state index contributed by atoms with van der Waals surface area (Å²) in [4.78, 5) is 12.1. The molecule has 3 nitrogen and oxygen atoms in total. The lowest BCUT2D eigenvalue weighted by Gasteiger charge is -2.10. The Kier molecular flexibility index (Phi) is 4.53. The molecule has 2 aromatic rings. The molecule has 2 rings (SSSR count). The predicted molar refractivity (Wildman–Crippen MR) is 82.6 cm³/mol. The molecule has 0 aliphatic carbocycles. The van der Waals surface area contributed by atoms with Gasteiger partial charge in [0.2, 0.25) is 5.91 Å². The number of hydrogen-bond acceptors (Lipinski definition) is 2. The molecule has 2 aromatic carbocycles. The van der Waals surface area contributed by atoms with Crippen molar-refractivity contribution in [1.82, 2.24) is 0 Å². The van der Waals surface area contributed by atoms with Crippen LogP contribution in [0.5, 0.6) is 0 Å². The monoisotopic (exact) mass is 362 g/mol. The number of carbonyl (C=O) groups is 1. The second kappa shape index (κ2) is 6.34. The average molecular weight is 362 g/mol. The molecule has 0 saturated carbocycles. The topological polar surface area (TPSA) is 52.9 Å². The lowest BCUT2D eigenvalue weighted by Crippen LogP contribution is -2.19. The maximum atomic E-state index is 12.1. The molecule has 0 aliphatic rings. The van der Waals surface area contributed by atoms with E-state index in [1.165, 1.54) is 0 Å². The fourth-order valence-electron chi connectivity index (χ4n) is 1.68. The summed E-state index contributed by atoms with van der Waals surface area (Å²) in [6, 6.07) is 18.5. The Morgan fingerprint density at radius 2 is 1.74 bits per heavy atom. The zero-order valence-corrected chi connectivity index (χ0v) is 12.2. The third-order valence-corrected chi connectivity index (χ3v) is 3.36. The lowest BCUT2D eigenvalue weighted by molar-refractivity contribution is -0.116. The van der Waals surface area contributed by atoms with Crippen molar-refractivity contribution in [3.05, 3.63) is 63.7 Å². The number of carbonyl (C=O) groups excluding carboxylic acids is 1. The van der Waals surface area contributed by atoms with Crippen molar-refractivity contribution >= 4 is 34.2 Å². The number of hydrogen-bond donors (Lipinski definition) is 1. The largest absolute Gasteiger partial charge is 0.325 e. The molecule has 0 aromatic heterocycles. The Morgan fingerprint density at radius 3 is 2.32 bits per heavy atom. The first-order valence-corrected chi connectivity index (χ1v) is 6.79. The smallest absolute Gasteiger partial charge is 0.246 e. The maximum absolute atomic E-state index is 12.1. The standard InChI is InChI=1S/C15H11IN2O/c16-12-6-8-13(9-7-12)18-15(19)14(10-17)11-4-2-1-3-5-11/h1-9,14H,(H,18,19). The van der Waals surface area contributed by atoms with E-state index in [1.807, 2.05) is 48.5 Å². The van der Waals surface area contributed by atoms with Crippen LogP contribution in [0.4, 0.5) is 5.69 Å². The van der Waals surface area contributed by atoms with Crippen molar-refractivity contribution < 1.29 is 4.79 Å². The maximum Gasteiger partial charge on any atom is 0.246 e. The number of benzene rings is 2. The number of nitrogens with zero attached hydrogens (tertiary/aromatic N) is 1. The molecule has 0 bridgehead atoms. The Balaban J connectivity index is 2.14. The van der Waals surface area contributed by atoms with Crippen molar-refractivity contribution in [1.29, 1.82) is 5.26 Å². The van der Waals surface area contributed by atoms with Crippen LogP contribution in [0, 0.1) is 14.9 Å². The third-order valence-electron chi connectivity index (χ3n) is 2.64. The van der Waals surface area contributed by atoms with E-state index in [1.54, 1.807) is 12.1 Å². The van der Waals surface area contributed by atoms with Gasteiger partial charge in [-0.05, 0) is 52.4 Å². The zero-order valence-electron chi connectivity index (χ0n) is 10.0. The van der Waals surface area contributed by atoms with Gasteiger partial charge in [-0.3, -0.25) is 4.79 Å². The molecule has 94 valence electrons. The summed E-state index contributed by atoms with van der Waals surface area (Å²) >= 11 is 2.20. The number of nitrogens with one attached hydrogen (secondary N) is 1. The van der Waals surface area contributed by atoms with Crippen molar-refractivity contribution in [3.63, 3.8) is 0 Å². The summed E-state index contributed by atoms with van der Waals surface area (Å²) in [5.74, 6) is -1.10. The highest BCUT2D eigenvalue weighted by Crippen LogP contribution is 2.18. The van der Waals surface area contributed by atoms with Crippen molar-refractivity contribution in [2.75, 3.05) is 5.32 Å². The van der Waals surface area contributed by atoms with Crippen LogP contribution in [0.1, 0.15) is 11.5 Å². The number of amides is 1. The van der Waals surface area contributed by atoms with E-state index in [9.17, 15) is 4.79 Å². The molecule has 0 aliphatic heterocycles. The van der Waals surface area contributed by atoms with E-state index < -0.39 is 5.92 Å². The quantitative estimate of drug-likeness (QED) is 0.850. The highest BCUT2D eigenvalue weighted by atomic mass is 127. The van der Waals surface area contributed by atoms with E-state index >= 15 is 0 Å². The molecule has 0 fully saturated rings. The minimum absolute atomic E-state index is 0.310. The highest BCUT2D eigenvalue weighted by Gasteiger charge is 2.19.